The van der Waals surface area contributed by atoms with Gasteiger partial charge in [0.25, 0.3) is 5.91 Å². The van der Waals surface area contributed by atoms with Crippen molar-refractivity contribution in [2.24, 2.45) is 0 Å². The Kier molecular flexibility index (Phi) is 4.92. The molecule has 2 aromatic rings. The molecule has 0 aliphatic heterocycles. The SMILES string of the molecule is COC(=O)[C@](C)(NC(=O)c1ccc(C)nc1)c1cc(F)ccc1F. The molecule has 7 heteroatoms. The molecule has 5 nitrogen and oxygen atoms in total. The smallest absolute Gasteiger partial charge is 0.336 e. The van der Waals surface area contributed by atoms with E-state index < -0.39 is 29.0 Å². The van der Waals surface area contributed by atoms with Crippen LogP contribution in [0.25, 0.3) is 0 Å². The fraction of sp³-hybridized carbons (Fsp3) is 0.235. The predicted molar refractivity (Wildman–Crippen MR) is 82.2 cm³/mol. The number of pyridine rings is 1. The normalized spacial score (nSPS) is 13.0. The van der Waals surface area contributed by atoms with Crippen molar-refractivity contribution >= 4 is 11.9 Å². The maximum absolute atomic E-state index is 14.1. The summed E-state index contributed by atoms with van der Waals surface area (Å²) in [6, 6.07) is 5.78. The molecule has 126 valence electrons. The van der Waals surface area contributed by atoms with Crippen molar-refractivity contribution in [3.8, 4) is 0 Å². The van der Waals surface area contributed by atoms with Gasteiger partial charge < -0.3 is 10.1 Å². The van der Waals surface area contributed by atoms with Crippen molar-refractivity contribution in [3.63, 3.8) is 0 Å². The second-order valence-electron chi connectivity index (χ2n) is 5.38. The number of halogens is 2. The molecule has 1 atom stereocenters. The number of aryl methyl sites for hydroxylation is 1. The van der Waals surface area contributed by atoms with Gasteiger partial charge in [-0.2, -0.15) is 0 Å². The van der Waals surface area contributed by atoms with Gasteiger partial charge in [0.05, 0.1) is 12.7 Å². The van der Waals surface area contributed by atoms with Crippen molar-refractivity contribution in [3.05, 3.63) is 65.0 Å². The molecule has 0 spiro atoms. The first-order valence-electron chi connectivity index (χ1n) is 7.07. The Morgan fingerprint density at radius 3 is 2.50 bits per heavy atom. The van der Waals surface area contributed by atoms with Crippen LogP contribution in [0.5, 0.6) is 0 Å². The molecule has 0 aliphatic rings. The maximum atomic E-state index is 14.1. The lowest BCUT2D eigenvalue weighted by atomic mass is 9.90. The quantitative estimate of drug-likeness (QED) is 0.872. The Balaban J connectivity index is 2.45. The molecule has 1 aromatic carbocycles. The largest absolute Gasteiger partial charge is 0.467 e. The van der Waals surface area contributed by atoms with Crippen molar-refractivity contribution in [2.75, 3.05) is 7.11 Å². The molecule has 1 aromatic heterocycles. The zero-order valence-corrected chi connectivity index (χ0v) is 13.4. The first-order valence-corrected chi connectivity index (χ1v) is 7.07. The summed E-state index contributed by atoms with van der Waals surface area (Å²) in [7, 11) is 1.09. The van der Waals surface area contributed by atoms with Crippen LogP contribution in [0.15, 0.2) is 36.5 Å². The number of nitrogens with one attached hydrogen (secondary N) is 1. The Morgan fingerprint density at radius 2 is 1.92 bits per heavy atom. The van der Waals surface area contributed by atoms with Crippen molar-refractivity contribution in [1.82, 2.24) is 10.3 Å². The molecule has 0 saturated heterocycles. The molecular formula is C17H16F2N2O3. The maximum Gasteiger partial charge on any atom is 0.336 e. The highest BCUT2D eigenvalue weighted by molar-refractivity contribution is 5.98. The van der Waals surface area contributed by atoms with Gasteiger partial charge >= 0.3 is 5.97 Å². The molecular weight excluding hydrogens is 318 g/mol. The molecule has 24 heavy (non-hydrogen) atoms. The van der Waals surface area contributed by atoms with E-state index in [1.807, 2.05) is 0 Å². The van der Waals surface area contributed by atoms with Gasteiger partial charge in [-0.25, -0.2) is 13.6 Å². The minimum atomic E-state index is -1.90. The summed E-state index contributed by atoms with van der Waals surface area (Å²) in [4.78, 5) is 28.6. The van der Waals surface area contributed by atoms with Crippen LogP contribution in [-0.2, 0) is 15.1 Å². The molecule has 0 radical (unpaired) electrons. The molecule has 0 bridgehead atoms. The van der Waals surface area contributed by atoms with E-state index in [0.717, 1.165) is 25.3 Å². The number of rotatable bonds is 4. The van der Waals surface area contributed by atoms with E-state index in [0.29, 0.717) is 5.69 Å². The lowest BCUT2D eigenvalue weighted by molar-refractivity contribution is -0.148. The molecule has 1 N–H and O–H groups in total. The number of hydrogen-bond acceptors (Lipinski definition) is 4. The van der Waals surface area contributed by atoms with Gasteiger partial charge in [0, 0.05) is 17.5 Å². The highest BCUT2D eigenvalue weighted by Crippen LogP contribution is 2.26. The van der Waals surface area contributed by atoms with Gasteiger partial charge in [-0.3, -0.25) is 9.78 Å². The van der Waals surface area contributed by atoms with E-state index in [-0.39, 0.29) is 11.1 Å². The number of amides is 1. The third-order valence-electron chi connectivity index (χ3n) is 3.60. The van der Waals surface area contributed by atoms with Gasteiger partial charge in [0.1, 0.15) is 11.6 Å². The Morgan fingerprint density at radius 1 is 1.21 bits per heavy atom. The number of methoxy groups -OCH3 is 1. The summed E-state index contributed by atoms with van der Waals surface area (Å²) in [6.45, 7) is 3.00. The van der Waals surface area contributed by atoms with Crippen LogP contribution in [0.4, 0.5) is 8.78 Å². The second kappa shape index (κ2) is 6.74. The first-order chi connectivity index (χ1) is 11.3. The Labute approximate surface area is 137 Å². The predicted octanol–water partition coefficient (Wildman–Crippen LogP) is 2.49. The van der Waals surface area contributed by atoms with E-state index >= 15 is 0 Å². The lowest BCUT2D eigenvalue weighted by Gasteiger charge is -2.28. The van der Waals surface area contributed by atoms with Crippen LogP contribution in [0.2, 0.25) is 0 Å². The van der Waals surface area contributed by atoms with Gasteiger partial charge in [0.15, 0.2) is 5.54 Å². The van der Waals surface area contributed by atoms with E-state index in [1.54, 1.807) is 13.0 Å². The summed E-state index contributed by atoms with van der Waals surface area (Å²) in [6.07, 6.45) is 1.32. The minimum Gasteiger partial charge on any atom is -0.467 e. The first kappa shape index (κ1) is 17.5. The summed E-state index contributed by atoms with van der Waals surface area (Å²) in [5.74, 6) is -3.18. The fourth-order valence-corrected chi connectivity index (χ4v) is 2.21. The standard InChI is InChI=1S/C17H16F2N2O3/c1-10-4-5-11(9-20-10)15(22)21-17(2,16(23)24-3)13-8-12(18)6-7-14(13)19/h4-9H,1-3H3,(H,21,22)/t17-/m1/s1. The lowest BCUT2D eigenvalue weighted by Crippen LogP contribution is -2.50. The van der Waals surface area contributed by atoms with Crippen LogP contribution in [0.3, 0.4) is 0 Å². The monoisotopic (exact) mass is 334 g/mol. The zero-order valence-electron chi connectivity index (χ0n) is 13.4. The summed E-state index contributed by atoms with van der Waals surface area (Å²) in [5.41, 5.74) is -1.35. The average Bonchev–Trinajstić information content (AvgIpc) is 2.56. The highest BCUT2D eigenvalue weighted by Gasteiger charge is 2.40. The Bertz CT molecular complexity index is 778. The average molecular weight is 334 g/mol. The number of carbonyl (C=O) groups is 2. The van der Waals surface area contributed by atoms with E-state index in [9.17, 15) is 18.4 Å². The van der Waals surface area contributed by atoms with Crippen LogP contribution < -0.4 is 5.32 Å². The molecule has 0 unspecified atom stereocenters. The molecule has 0 fully saturated rings. The zero-order chi connectivity index (χ0) is 17.9. The van der Waals surface area contributed by atoms with Crippen LogP contribution in [0.1, 0.15) is 28.5 Å². The molecule has 2 rings (SSSR count). The number of carbonyl (C=O) groups excluding carboxylic acids is 2. The number of ether oxygens (including phenoxy) is 1. The Hall–Kier alpha value is -2.83. The van der Waals surface area contributed by atoms with Crippen molar-refractivity contribution < 1.29 is 23.1 Å². The van der Waals surface area contributed by atoms with Crippen molar-refractivity contribution in [1.29, 1.82) is 0 Å². The van der Waals surface area contributed by atoms with Crippen LogP contribution in [0, 0.1) is 18.6 Å². The minimum absolute atomic E-state index is 0.174. The summed E-state index contributed by atoms with van der Waals surface area (Å²) < 4.78 is 32.3. The van der Waals surface area contributed by atoms with Crippen LogP contribution >= 0.6 is 0 Å². The van der Waals surface area contributed by atoms with Crippen LogP contribution in [-0.4, -0.2) is 24.0 Å². The number of nitrogens with zero attached hydrogens (tertiary/aromatic N) is 1. The van der Waals surface area contributed by atoms with E-state index in [1.165, 1.54) is 19.2 Å². The molecule has 0 aliphatic carbocycles. The second-order valence-corrected chi connectivity index (χ2v) is 5.38. The molecule has 0 saturated carbocycles. The van der Waals surface area contributed by atoms with E-state index in [4.69, 9.17) is 0 Å². The van der Waals surface area contributed by atoms with Gasteiger partial charge in [0.2, 0.25) is 0 Å². The van der Waals surface area contributed by atoms with Gasteiger partial charge in [-0.05, 0) is 44.2 Å². The van der Waals surface area contributed by atoms with E-state index in [2.05, 4.69) is 15.0 Å². The third-order valence-corrected chi connectivity index (χ3v) is 3.60. The number of esters is 1. The van der Waals surface area contributed by atoms with Gasteiger partial charge in [-0.15, -0.1) is 0 Å². The molecule has 1 heterocycles. The topological polar surface area (TPSA) is 68.3 Å². The van der Waals surface area contributed by atoms with Gasteiger partial charge in [-0.1, -0.05) is 0 Å². The van der Waals surface area contributed by atoms with Crippen molar-refractivity contribution in [2.45, 2.75) is 19.4 Å². The summed E-state index contributed by atoms with van der Waals surface area (Å²) in [5, 5.41) is 2.40. The number of benzene rings is 1. The summed E-state index contributed by atoms with van der Waals surface area (Å²) >= 11 is 0. The highest BCUT2D eigenvalue weighted by atomic mass is 19.1. The number of aromatic nitrogens is 1. The third kappa shape index (κ3) is 3.40. The fourth-order valence-electron chi connectivity index (χ4n) is 2.21. The number of hydrogen-bond donors (Lipinski definition) is 1. The molecule has 1 amide bonds.